The quantitative estimate of drug-likeness (QED) is 0.289. The van der Waals surface area contributed by atoms with Crippen LogP contribution in [-0.4, -0.2) is 48.7 Å². The smallest absolute Gasteiger partial charge is 0.275 e. The maximum atomic E-state index is 14.4. The summed E-state index contributed by atoms with van der Waals surface area (Å²) in [5.74, 6) is 0.722. The summed E-state index contributed by atoms with van der Waals surface area (Å²) in [6, 6.07) is 14.8. The molecule has 2 heterocycles. The number of amides is 2. The van der Waals surface area contributed by atoms with E-state index >= 15 is 0 Å². The summed E-state index contributed by atoms with van der Waals surface area (Å²) in [4.78, 5) is 34.5. The average molecular weight is 590 g/mol. The highest BCUT2D eigenvalue weighted by Gasteiger charge is 2.52. The molecule has 42 heavy (non-hydrogen) atoms. The van der Waals surface area contributed by atoms with E-state index in [0.29, 0.717) is 28.0 Å². The monoisotopic (exact) mass is 589 g/mol. The second-order valence-electron chi connectivity index (χ2n) is 12.2. The van der Waals surface area contributed by atoms with Gasteiger partial charge in [0.25, 0.3) is 11.8 Å². The summed E-state index contributed by atoms with van der Waals surface area (Å²) in [6.07, 6.45) is 6.51. The predicted octanol–water partition coefficient (Wildman–Crippen LogP) is 6.28. The van der Waals surface area contributed by atoms with Crippen LogP contribution in [0.2, 0.25) is 5.02 Å². The number of tetrazole rings is 1. The van der Waals surface area contributed by atoms with Gasteiger partial charge in [-0.25, -0.2) is 0 Å². The van der Waals surface area contributed by atoms with Gasteiger partial charge in [-0.1, -0.05) is 81.6 Å². The lowest BCUT2D eigenvalue weighted by molar-refractivity contribution is -0.133. The maximum absolute atomic E-state index is 14.4. The molecule has 0 radical (unpaired) electrons. The van der Waals surface area contributed by atoms with Gasteiger partial charge < -0.3 is 10.2 Å². The van der Waals surface area contributed by atoms with Crippen LogP contribution < -0.4 is 5.32 Å². The van der Waals surface area contributed by atoms with Crippen molar-refractivity contribution in [3.8, 4) is 0 Å². The Bertz CT molecular complexity index is 1430. The molecular weight excluding hydrogens is 550 g/mol. The van der Waals surface area contributed by atoms with Crippen molar-refractivity contribution in [1.82, 2.24) is 30.8 Å². The van der Waals surface area contributed by atoms with Gasteiger partial charge in [0.1, 0.15) is 11.4 Å². The Balaban J connectivity index is 1.45. The molecule has 2 aliphatic rings. The number of rotatable bonds is 10. The molecule has 1 saturated carbocycles. The van der Waals surface area contributed by atoms with Crippen molar-refractivity contribution in [1.29, 1.82) is 0 Å². The third kappa shape index (κ3) is 5.98. The molecule has 2 amide bonds. The summed E-state index contributed by atoms with van der Waals surface area (Å²) in [5.41, 5.74) is 2.42. The first-order valence-electron chi connectivity index (χ1n) is 15.0. The van der Waals surface area contributed by atoms with E-state index in [-0.39, 0.29) is 29.8 Å². The zero-order chi connectivity index (χ0) is 29.9. The first-order valence-corrected chi connectivity index (χ1v) is 15.3. The van der Waals surface area contributed by atoms with Crippen LogP contribution in [0.4, 0.5) is 0 Å². The zero-order valence-electron chi connectivity index (χ0n) is 24.9. The fraction of sp³-hybridized carbons (Fsp3) is 0.500. The lowest BCUT2D eigenvalue weighted by Gasteiger charge is -2.48. The maximum Gasteiger partial charge on any atom is 0.275 e. The lowest BCUT2D eigenvalue weighted by atomic mass is 9.67. The Kier molecular flexibility index (Phi) is 8.78. The molecule has 1 aliphatic heterocycles. The van der Waals surface area contributed by atoms with Crippen molar-refractivity contribution in [3.63, 3.8) is 0 Å². The summed E-state index contributed by atoms with van der Waals surface area (Å²) >= 11 is 6.35. The van der Waals surface area contributed by atoms with E-state index in [1.165, 1.54) is 0 Å². The highest BCUT2D eigenvalue weighted by Crippen LogP contribution is 2.50. The third-order valence-electron chi connectivity index (χ3n) is 9.32. The molecule has 10 heteroatoms. The molecule has 2 N–H and O–H groups in total. The number of nitrogens with zero attached hydrogens (tertiary/aromatic N) is 5. The van der Waals surface area contributed by atoms with E-state index in [0.717, 1.165) is 56.1 Å². The Hall–Kier alpha value is -3.59. The van der Waals surface area contributed by atoms with Gasteiger partial charge in [-0.05, 0) is 73.3 Å². The molecule has 222 valence electrons. The number of nitrogens with one attached hydrogen (secondary N) is 2. The Morgan fingerprint density at radius 2 is 1.90 bits per heavy atom. The first-order chi connectivity index (χ1) is 20.2. The van der Waals surface area contributed by atoms with Gasteiger partial charge in [-0.2, -0.15) is 5.21 Å². The van der Waals surface area contributed by atoms with Crippen molar-refractivity contribution in [2.75, 3.05) is 0 Å². The summed E-state index contributed by atoms with van der Waals surface area (Å²) < 4.78 is 0. The number of aromatic amines is 1. The van der Waals surface area contributed by atoms with E-state index in [4.69, 9.17) is 16.6 Å². The molecule has 1 aromatic heterocycles. The van der Waals surface area contributed by atoms with Crippen molar-refractivity contribution >= 4 is 29.1 Å². The van der Waals surface area contributed by atoms with Gasteiger partial charge in [0, 0.05) is 16.1 Å². The number of aromatic nitrogens is 4. The second kappa shape index (κ2) is 12.3. The fourth-order valence-electron chi connectivity index (χ4n) is 6.47. The zero-order valence-corrected chi connectivity index (χ0v) is 25.6. The molecule has 1 fully saturated rings. The van der Waals surface area contributed by atoms with Crippen molar-refractivity contribution < 1.29 is 9.59 Å². The molecule has 0 saturated heterocycles. The molecular formula is C32H40ClN7O2. The minimum absolute atomic E-state index is 0.0501. The molecule has 0 unspecified atom stereocenters. The minimum atomic E-state index is -0.602. The van der Waals surface area contributed by atoms with E-state index < -0.39 is 5.66 Å². The standard InChI is InChI=1S/C32H40ClN7O2/c1-5-8-26(21-11-13-22(14-12-21)29(41)34-20-27-36-38-39-37-27)40-30(42)28(23-9-7-10-25(33)19-23)35-32(40)17-15-24(16-18-32)31(3,4)6-2/h7,9-14,19,24,26H,5-6,8,15-18,20H2,1-4H3,(H,34,41)(H,36,37,38,39)/t24?,26-,32?/m1/s1. The predicted molar refractivity (Wildman–Crippen MR) is 163 cm³/mol. The number of carbonyl (C=O) groups excluding carboxylic acids is 2. The van der Waals surface area contributed by atoms with Crippen LogP contribution in [0.1, 0.15) is 106 Å². The molecule has 9 nitrogen and oxygen atoms in total. The van der Waals surface area contributed by atoms with Gasteiger partial charge in [0.2, 0.25) is 0 Å². The molecule has 5 rings (SSSR count). The number of carbonyl (C=O) groups is 2. The van der Waals surface area contributed by atoms with Crippen LogP contribution >= 0.6 is 11.6 Å². The van der Waals surface area contributed by atoms with E-state index in [1.54, 1.807) is 0 Å². The van der Waals surface area contributed by atoms with Crippen LogP contribution in [0.3, 0.4) is 0 Å². The van der Waals surface area contributed by atoms with Crippen molar-refractivity contribution in [3.05, 3.63) is 76.1 Å². The highest BCUT2D eigenvalue weighted by molar-refractivity contribution is 6.47. The number of benzene rings is 2. The van der Waals surface area contributed by atoms with Crippen LogP contribution in [-0.2, 0) is 11.3 Å². The Labute approximate surface area is 252 Å². The molecule has 3 aromatic rings. The molecule has 2 aromatic carbocycles. The topological polar surface area (TPSA) is 116 Å². The fourth-order valence-corrected chi connectivity index (χ4v) is 6.66. The van der Waals surface area contributed by atoms with E-state index in [9.17, 15) is 9.59 Å². The van der Waals surface area contributed by atoms with Crippen LogP contribution in [0.25, 0.3) is 0 Å². The third-order valence-corrected chi connectivity index (χ3v) is 9.55. The number of halogens is 1. The second-order valence-corrected chi connectivity index (χ2v) is 12.6. The summed E-state index contributed by atoms with van der Waals surface area (Å²) in [7, 11) is 0. The lowest BCUT2D eigenvalue weighted by Crippen LogP contribution is -2.51. The van der Waals surface area contributed by atoms with Crippen LogP contribution in [0, 0.1) is 11.3 Å². The number of hydrogen-bond donors (Lipinski definition) is 2. The molecule has 1 aliphatic carbocycles. The Morgan fingerprint density at radius 1 is 1.17 bits per heavy atom. The summed E-state index contributed by atoms with van der Waals surface area (Å²) in [5, 5.41) is 17.0. The van der Waals surface area contributed by atoms with Crippen molar-refractivity contribution in [2.24, 2.45) is 16.3 Å². The minimum Gasteiger partial charge on any atom is -0.345 e. The number of hydrogen-bond acceptors (Lipinski definition) is 6. The highest BCUT2D eigenvalue weighted by atomic mass is 35.5. The summed E-state index contributed by atoms with van der Waals surface area (Å²) in [6.45, 7) is 9.29. The number of aliphatic imine (C=N–C) groups is 1. The largest absolute Gasteiger partial charge is 0.345 e. The van der Waals surface area contributed by atoms with Crippen LogP contribution in [0.15, 0.2) is 53.5 Å². The first kappa shape index (κ1) is 29.9. The van der Waals surface area contributed by atoms with Gasteiger partial charge in [-0.15, -0.1) is 10.2 Å². The van der Waals surface area contributed by atoms with Gasteiger partial charge in [-0.3, -0.25) is 14.6 Å². The Morgan fingerprint density at radius 3 is 2.52 bits per heavy atom. The normalized spacial score (nSPS) is 21.5. The van der Waals surface area contributed by atoms with Gasteiger partial charge in [0.15, 0.2) is 5.82 Å². The molecule has 1 spiro atoms. The van der Waals surface area contributed by atoms with Gasteiger partial charge >= 0.3 is 0 Å². The van der Waals surface area contributed by atoms with E-state index in [2.05, 4.69) is 58.5 Å². The van der Waals surface area contributed by atoms with Crippen LogP contribution in [0.5, 0.6) is 0 Å². The van der Waals surface area contributed by atoms with Crippen molar-refractivity contribution in [2.45, 2.75) is 90.9 Å². The SMILES string of the molecule is CCC[C@H](c1ccc(C(=O)NCc2nn[nH]n2)cc1)N1C(=O)C(c2cccc(Cl)c2)=NC12CCC(C(C)(C)CC)CC2. The van der Waals surface area contributed by atoms with Gasteiger partial charge in [0.05, 0.1) is 12.6 Å². The molecule has 1 atom stereocenters. The number of H-pyrrole nitrogens is 1. The van der Waals surface area contributed by atoms with E-state index in [1.807, 2.05) is 48.5 Å². The molecule has 0 bridgehead atoms. The average Bonchev–Trinajstić information content (AvgIpc) is 3.61.